The van der Waals surface area contributed by atoms with Crippen molar-refractivity contribution in [2.24, 2.45) is 11.3 Å². The highest BCUT2D eigenvalue weighted by Crippen LogP contribution is 2.52. The van der Waals surface area contributed by atoms with Crippen LogP contribution in [0.3, 0.4) is 0 Å². The van der Waals surface area contributed by atoms with E-state index < -0.39 is 0 Å². The molecule has 1 saturated carbocycles. The molecule has 0 bridgehead atoms. The molecule has 0 radical (unpaired) electrons. The van der Waals surface area contributed by atoms with E-state index in [0.717, 1.165) is 13.0 Å². The topological polar surface area (TPSA) is 50.8 Å². The first-order valence-corrected chi connectivity index (χ1v) is 7.76. The third-order valence-electron chi connectivity index (χ3n) is 5.22. The predicted molar refractivity (Wildman–Crippen MR) is 75.4 cm³/mol. The van der Waals surface area contributed by atoms with Crippen LogP contribution < -0.4 is 5.32 Å². The van der Waals surface area contributed by atoms with Gasteiger partial charge in [0.15, 0.2) is 0 Å². The summed E-state index contributed by atoms with van der Waals surface area (Å²) in [5.41, 5.74) is 0.126. The van der Waals surface area contributed by atoms with Gasteiger partial charge in [-0.3, -0.25) is 4.79 Å². The maximum Gasteiger partial charge on any atom is 0.239 e. The molecule has 4 atom stereocenters. The Hall–Kier alpha value is -0.650. The molecule has 2 aliphatic heterocycles. The lowest BCUT2D eigenvalue weighted by molar-refractivity contribution is -0.142. The summed E-state index contributed by atoms with van der Waals surface area (Å²) in [7, 11) is 0. The van der Waals surface area contributed by atoms with Crippen molar-refractivity contribution < 1.29 is 14.3 Å². The molecule has 0 aromatic heterocycles. The normalized spacial score (nSPS) is 37.1. The van der Waals surface area contributed by atoms with Gasteiger partial charge in [0, 0.05) is 37.1 Å². The average molecular weight is 282 g/mol. The van der Waals surface area contributed by atoms with Crippen molar-refractivity contribution in [3.05, 3.63) is 0 Å². The van der Waals surface area contributed by atoms with Crippen LogP contribution in [0.25, 0.3) is 0 Å². The Bertz CT molecular complexity index is 379. The summed E-state index contributed by atoms with van der Waals surface area (Å²) in [6.07, 6.45) is 1.48. The number of hydrogen-bond donors (Lipinski definition) is 1. The predicted octanol–water partition coefficient (Wildman–Crippen LogP) is 0.637. The average Bonchev–Trinajstić information content (AvgIpc) is 2.91. The van der Waals surface area contributed by atoms with Gasteiger partial charge in [-0.1, -0.05) is 13.8 Å². The maximum absolute atomic E-state index is 12.5. The van der Waals surface area contributed by atoms with Crippen LogP contribution in [-0.2, 0) is 14.3 Å². The van der Waals surface area contributed by atoms with Gasteiger partial charge in [0.2, 0.25) is 5.91 Å². The fourth-order valence-corrected chi connectivity index (χ4v) is 4.06. The number of nitrogens with one attached hydrogen (secondary N) is 1. The fourth-order valence-electron chi connectivity index (χ4n) is 4.06. The van der Waals surface area contributed by atoms with Gasteiger partial charge in [0.05, 0.1) is 25.4 Å². The van der Waals surface area contributed by atoms with E-state index >= 15 is 0 Å². The summed E-state index contributed by atoms with van der Waals surface area (Å²) in [5, 5.41) is 3.56. The third-order valence-corrected chi connectivity index (χ3v) is 5.22. The second-order valence-corrected chi connectivity index (χ2v) is 6.87. The summed E-state index contributed by atoms with van der Waals surface area (Å²) < 4.78 is 11.1. The van der Waals surface area contributed by atoms with E-state index in [1.165, 1.54) is 0 Å². The summed E-state index contributed by atoms with van der Waals surface area (Å²) in [6, 6.07) is 0.258. The van der Waals surface area contributed by atoms with Crippen molar-refractivity contribution in [3.63, 3.8) is 0 Å². The highest BCUT2D eigenvalue weighted by atomic mass is 16.5. The van der Waals surface area contributed by atoms with Crippen molar-refractivity contribution in [2.45, 2.75) is 45.4 Å². The minimum absolute atomic E-state index is 0.126. The number of amides is 1. The molecular weight excluding hydrogens is 256 g/mol. The van der Waals surface area contributed by atoms with Gasteiger partial charge in [-0.2, -0.15) is 0 Å². The number of nitrogens with zero attached hydrogens (tertiary/aromatic N) is 1. The van der Waals surface area contributed by atoms with Crippen LogP contribution in [0.1, 0.15) is 27.2 Å². The monoisotopic (exact) mass is 282 g/mol. The molecule has 114 valence electrons. The molecule has 0 aromatic rings. The number of morpholine rings is 1. The summed E-state index contributed by atoms with van der Waals surface area (Å²) in [4.78, 5) is 14.4. The molecular formula is C15H26N2O3. The minimum Gasteiger partial charge on any atom is -0.378 e. The van der Waals surface area contributed by atoms with Crippen LogP contribution >= 0.6 is 0 Å². The summed E-state index contributed by atoms with van der Waals surface area (Å²) in [5.74, 6) is 0.774. The Balaban J connectivity index is 1.58. The van der Waals surface area contributed by atoms with Crippen molar-refractivity contribution >= 4 is 5.91 Å². The number of carbonyl (C=O) groups excluding carboxylic acids is 1. The Kier molecular flexibility index (Phi) is 3.77. The van der Waals surface area contributed by atoms with Gasteiger partial charge in [0.25, 0.3) is 0 Å². The Morgan fingerprint density at radius 1 is 1.30 bits per heavy atom. The minimum atomic E-state index is -0.126. The van der Waals surface area contributed by atoms with Crippen molar-refractivity contribution in [1.82, 2.24) is 10.2 Å². The Morgan fingerprint density at radius 2 is 2.00 bits per heavy atom. The van der Waals surface area contributed by atoms with Gasteiger partial charge in [-0.05, 0) is 13.3 Å². The molecule has 4 unspecified atom stereocenters. The van der Waals surface area contributed by atoms with E-state index in [9.17, 15) is 4.79 Å². The molecule has 20 heavy (non-hydrogen) atoms. The molecule has 0 aromatic carbocycles. The smallest absolute Gasteiger partial charge is 0.239 e. The largest absolute Gasteiger partial charge is 0.378 e. The molecule has 2 saturated heterocycles. The van der Waals surface area contributed by atoms with Gasteiger partial charge in [-0.15, -0.1) is 0 Å². The van der Waals surface area contributed by atoms with E-state index in [-0.39, 0.29) is 17.4 Å². The quantitative estimate of drug-likeness (QED) is 0.825. The summed E-state index contributed by atoms with van der Waals surface area (Å²) >= 11 is 0. The number of ether oxygens (including phenoxy) is 2. The van der Waals surface area contributed by atoms with Crippen molar-refractivity contribution in [2.75, 3.05) is 32.9 Å². The number of hydrogen-bond acceptors (Lipinski definition) is 4. The highest BCUT2D eigenvalue weighted by Gasteiger charge is 2.59. The molecule has 5 heteroatoms. The van der Waals surface area contributed by atoms with E-state index in [1.54, 1.807) is 0 Å². The first kappa shape index (κ1) is 14.3. The van der Waals surface area contributed by atoms with E-state index in [2.05, 4.69) is 19.2 Å². The fraction of sp³-hybridized carbons (Fsp3) is 0.933. The van der Waals surface area contributed by atoms with E-state index in [0.29, 0.717) is 44.4 Å². The van der Waals surface area contributed by atoms with Crippen molar-refractivity contribution in [1.29, 1.82) is 0 Å². The van der Waals surface area contributed by atoms with E-state index in [1.807, 2.05) is 11.8 Å². The Labute approximate surface area is 121 Å². The molecule has 3 fully saturated rings. The SMILES string of the molecule is CC(NC1C2CCOC2C1(C)C)C(=O)N1CCOCC1. The van der Waals surface area contributed by atoms with Crippen LogP contribution in [0.4, 0.5) is 0 Å². The standard InChI is InChI=1S/C15H26N2O3/c1-10(14(18)17-5-8-19-9-6-17)16-12-11-4-7-20-13(11)15(12,2)3/h10-13,16H,4-9H2,1-3H3. The molecule has 3 rings (SSSR count). The molecule has 2 heterocycles. The van der Waals surface area contributed by atoms with Crippen molar-refractivity contribution in [3.8, 4) is 0 Å². The summed E-state index contributed by atoms with van der Waals surface area (Å²) in [6.45, 7) is 10.1. The van der Waals surface area contributed by atoms with Gasteiger partial charge in [-0.25, -0.2) is 0 Å². The molecule has 0 spiro atoms. The van der Waals surface area contributed by atoms with Crippen LogP contribution in [0, 0.1) is 11.3 Å². The second kappa shape index (κ2) is 5.28. The second-order valence-electron chi connectivity index (χ2n) is 6.87. The molecule has 3 aliphatic rings. The Morgan fingerprint density at radius 3 is 2.70 bits per heavy atom. The lowest BCUT2D eigenvalue weighted by Gasteiger charge is -2.55. The molecule has 5 nitrogen and oxygen atoms in total. The zero-order valence-corrected chi connectivity index (χ0v) is 12.7. The molecule has 1 aliphatic carbocycles. The number of carbonyl (C=O) groups is 1. The first-order valence-electron chi connectivity index (χ1n) is 7.76. The molecule has 1 N–H and O–H groups in total. The number of fused-ring (bicyclic) bond motifs is 1. The van der Waals surface area contributed by atoms with E-state index in [4.69, 9.17) is 9.47 Å². The zero-order chi connectivity index (χ0) is 14.3. The number of rotatable bonds is 3. The zero-order valence-electron chi connectivity index (χ0n) is 12.7. The molecule has 1 amide bonds. The lowest BCUT2D eigenvalue weighted by Crippen LogP contribution is -2.68. The van der Waals surface area contributed by atoms with Gasteiger partial charge < -0.3 is 19.7 Å². The van der Waals surface area contributed by atoms with Crippen LogP contribution in [-0.4, -0.2) is 61.9 Å². The van der Waals surface area contributed by atoms with Crippen LogP contribution in [0.2, 0.25) is 0 Å². The van der Waals surface area contributed by atoms with Gasteiger partial charge >= 0.3 is 0 Å². The van der Waals surface area contributed by atoms with Crippen LogP contribution in [0.5, 0.6) is 0 Å². The first-order chi connectivity index (χ1) is 9.51. The third kappa shape index (κ3) is 2.26. The van der Waals surface area contributed by atoms with Gasteiger partial charge in [0.1, 0.15) is 0 Å². The lowest BCUT2D eigenvalue weighted by atomic mass is 9.57. The highest BCUT2D eigenvalue weighted by molar-refractivity contribution is 5.81. The van der Waals surface area contributed by atoms with Crippen LogP contribution in [0.15, 0.2) is 0 Å². The maximum atomic E-state index is 12.5.